The van der Waals surface area contributed by atoms with Crippen molar-refractivity contribution in [1.29, 1.82) is 0 Å². The molecule has 3 atom stereocenters. The molecule has 2 N–H and O–H groups in total. The maximum atomic E-state index is 12.2. The lowest BCUT2D eigenvalue weighted by Crippen LogP contribution is -2.39. The lowest BCUT2D eigenvalue weighted by atomic mass is 10.00. The zero-order valence-corrected chi connectivity index (χ0v) is 11.7. The zero-order chi connectivity index (χ0) is 13.4. The van der Waals surface area contributed by atoms with Crippen LogP contribution in [0.2, 0.25) is 0 Å². The molecule has 3 unspecified atom stereocenters. The number of hydrogen-bond acceptors (Lipinski definition) is 3. The number of nitrogens with zero attached hydrogens (tertiary/aromatic N) is 1. The Morgan fingerprint density at radius 3 is 2.28 bits per heavy atom. The predicted molar refractivity (Wildman–Crippen MR) is 72.7 cm³/mol. The normalized spacial score (nSPS) is 32.8. The summed E-state index contributed by atoms with van der Waals surface area (Å²) in [5.74, 6) is 0.242. The second kappa shape index (κ2) is 4.96. The highest BCUT2D eigenvalue weighted by atomic mass is 32.1. The SMILES string of the molecule is CCC1CC2C(=O)N(CC(C)C(N)=S)C(=O)C2C1. The van der Waals surface area contributed by atoms with E-state index in [0.717, 1.165) is 19.3 Å². The molecule has 4 nitrogen and oxygen atoms in total. The van der Waals surface area contributed by atoms with Crippen molar-refractivity contribution in [3.05, 3.63) is 0 Å². The van der Waals surface area contributed by atoms with Gasteiger partial charge in [-0.25, -0.2) is 0 Å². The molecular weight excluding hydrogens is 248 g/mol. The van der Waals surface area contributed by atoms with Crippen LogP contribution in [0.1, 0.15) is 33.1 Å². The van der Waals surface area contributed by atoms with E-state index in [0.29, 0.717) is 17.5 Å². The summed E-state index contributed by atoms with van der Waals surface area (Å²) >= 11 is 4.90. The average molecular weight is 268 g/mol. The number of hydrogen-bond donors (Lipinski definition) is 1. The molecule has 0 aromatic heterocycles. The molecule has 18 heavy (non-hydrogen) atoms. The zero-order valence-electron chi connectivity index (χ0n) is 10.9. The van der Waals surface area contributed by atoms with Gasteiger partial charge >= 0.3 is 0 Å². The van der Waals surface area contributed by atoms with Gasteiger partial charge in [-0.15, -0.1) is 0 Å². The standard InChI is InChI=1S/C13H20N2O2S/c1-3-8-4-9-10(5-8)13(17)15(12(9)16)6-7(2)11(14)18/h7-10H,3-6H2,1-2H3,(H2,14,18). The highest BCUT2D eigenvalue weighted by molar-refractivity contribution is 7.80. The molecule has 2 amide bonds. The fourth-order valence-corrected chi connectivity index (χ4v) is 3.15. The monoisotopic (exact) mass is 268 g/mol. The number of nitrogens with two attached hydrogens (primary N) is 1. The van der Waals surface area contributed by atoms with Crippen molar-refractivity contribution in [3.63, 3.8) is 0 Å². The van der Waals surface area contributed by atoms with E-state index in [4.69, 9.17) is 18.0 Å². The minimum Gasteiger partial charge on any atom is -0.393 e. The number of thiocarbonyl (C=S) groups is 1. The van der Waals surface area contributed by atoms with Gasteiger partial charge in [-0.3, -0.25) is 14.5 Å². The van der Waals surface area contributed by atoms with Gasteiger partial charge in [0.2, 0.25) is 11.8 Å². The molecule has 100 valence electrons. The van der Waals surface area contributed by atoms with Crippen molar-refractivity contribution in [2.24, 2.45) is 29.4 Å². The smallest absolute Gasteiger partial charge is 0.233 e. The topological polar surface area (TPSA) is 63.4 Å². The Balaban J connectivity index is 2.07. The molecule has 1 saturated heterocycles. The van der Waals surface area contributed by atoms with E-state index in [2.05, 4.69) is 6.92 Å². The van der Waals surface area contributed by atoms with E-state index in [9.17, 15) is 9.59 Å². The highest BCUT2D eigenvalue weighted by Crippen LogP contribution is 2.44. The van der Waals surface area contributed by atoms with E-state index in [1.807, 2.05) is 6.92 Å². The predicted octanol–water partition coefficient (Wildman–Crippen LogP) is 1.33. The van der Waals surface area contributed by atoms with Crippen LogP contribution in [0.5, 0.6) is 0 Å². The first kappa shape index (κ1) is 13.5. The van der Waals surface area contributed by atoms with Crippen LogP contribution in [0.25, 0.3) is 0 Å². The van der Waals surface area contributed by atoms with Crippen molar-refractivity contribution in [1.82, 2.24) is 4.90 Å². The molecule has 0 aromatic rings. The Morgan fingerprint density at radius 1 is 1.39 bits per heavy atom. The summed E-state index contributed by atoms with van der Waals surface area (Å²) in [7, 11) is 0. The molecule has 0 spiro atoms. The Kier molecular flexibility index (Phi) is 3.71. The van der Waals surface area contributed by atoms with Gasteiger partial charge < -0.3 is 5.73 Å². The van der Waals surface area contributed by atoms with Crippen LogP contribution in [0.3, 0.4) is 0 Å². The lowest BCUT2D eigenvalue weighted by Gasteiger charge is -2.20. The third kappa shape index (κ3) is 2.16. The number of imide groups is 1. The molecule has 0 radical (unpaired) electrons. The Labute approximate surface area is 113 Å². The molecule has 2 rings (SSSR count). The van der Waals surface area contributed by atoms with E-state index < -0.39 is 0 Å². The first-order valence-corrected chi connectivity index (χ1v) is 7.01. The maximum absolute atomic E-state index is 12.2. The molecule has 1 saturated carbocycles. The molecule has 0 bridgehead atoms. The van der Waals surface area contributed by atoms with Crippen LogP contribution < -0.4 is 5.73 Å². The summed E-state index contributed by atoms with van der Waals surface area (Å²) in [5.41, 5.74) is 5.55. The molecule has 2 aliphatic rings. The average Bonchev–Trinajstić information content (AvgIpc) is 2.84. The first-order valence-electron chi connectivity index (χ1n) is 6.60. The number of carbonyl (C=O) groups is 2. The van der Waals surface area contributed by atoms with Gasteiger partial charge in [-0.1, -0.05) is 32.5 Å². The number of carbonyl (C=O) groups excluding carboxylic acids is 2. The van der Waals surface area contributed by atoms with Crippen LogP contribution >= 0.6 is 12.2 Å². The summed E-state index contributed by atoms with van der Waals surface area (Å²) in [6.07, 6.45) is 2.78. The fraction of sp³-hybridized carbons (Fsp3) is 0.769. The second-order valence-electron chi connectivity index (χ2n) is 5.55. The van der Waals surface area contributed by atoms with Gasteiger partial charge in [0.05, 0.1) is 16.8 Å². The molecular formula is C13H20N2O2S. The molecule has 2 fully saturated rings. The number of amides is 2. The maximum Gasteiger partial charge on any atom is 0.233 e. The molecule has 0 aromatic carbocycles. The van der Waals surface area contributed by atoms with Gasteiger partial charge in [0.15, 0.2) is 0 Å². The van der Waals surface area contributed by atoms with E-state index >= 15 is 0 Å². The largest absolute Gasteiger partial charge is 0.393 e. The van der Waals surface area contributed by atoms with Gasteiger partial charge in [0.1, 0.15) is 0 Å². The van der Waals surface area contributed by atoms with Crippen molar-refractivity contribution in [2.75, 3.05) is 6.54 Å². The van der Waals surface area contributed by atoms with Gasteiger partial charge in [0, 0.05) is 12.5 Å². The minimum absolute atomic E-state index is 0.0101. The number of likely N-dealkylation sites (tertiary alicyclic amines) is 1. The van der Waals surface area contributed by atoms with Crippen molar-refractivity contribution >= 4 is 29.0 Å². The van der Waals surface area contributed by atoms with Crippen LogP contribution in [-0.4, -0.2) is 28.2 Å². The Morgan fingerprint density at radius 2 is 1.89 bits per heavy atom. The Hall–Kier alpha value is -0.970. The minimum atomic E-state index is -0.103. The summed E-state index contributed by atoms with van der Waals surface area (Å²) in [6, 6.07) is 0. The van der Waals surface area contributed by atoms with Crippen LogP contribution in [0.4, 0.5) is 0 Å². The van der Waals surface area contributed by atoms with Crippen LogP contribution in [-0.2, 0) is 9.59 Å². The van der Waals surface area contributed by atoms with Crippen molar-refractivity contribution in [2.45, 2.75) is 33.1 Å². The van der Waals surface area contributed by atoms with E-state index in [1.165, 1.54) is 4.90 Å². The van der Waals surface area contributed by atoms with Gasteiger partial charge in [-0.2, -0.15) is 0 Å². The van der Waals surface area contributed by atoms with Crippen LogP contribution in [0, 0.1) is 23.7 Å². The lowest BCUT2D eigenvalue weighted by molar-refractivity contribution is -0.140. The van der Waals surface area contributed by atoms with Crippen molar-refractivity contribution in [3.8, 4) is 0 Å². The molecule has 1 aliphatic heterocycles. The van der Waals surface area contributed by atoms with Gasteiger partial charge in [-0.05, 0) is 18.8 Å². The fourth-order valence-electron chi connectivity index (χ4n) is 3.07. The third-order valence-electron chi connectivity index (χ3n) is 4.35. The number of rotatable bonds is 4. The summed E-state index contributed by atoms with van der Waals surface area (Å²) in [5, 5.41) is 0. The second-order valence-corrected chi connectivity index (χ2v) is 6.02. The third-order valence-corrected chi connectivity index (χ3v) is 4.75. The van der Waals surface area contributed by atoms with Gasteiger partial charge in [0.25, 0.3) is 0 Å². The summed E-state index contributed by atoms with van der Waals surface area (Å²) in [4.78, 5) is 26.2. The molecule has 1 aliphatic carbocycles. The van der Waals surface area contributed by atoms with Crippen LogP contribution in [0.15, 0.2) is 0 Å². The van der Waals surface area contributed by atoms with Crippen molar-refractivity contribution < 1.29 is 9.59 Å². The highest BCUT2D eigenvalue weighted by Gasteiger charge is 2.52. The molecule has 5 heteroatoms. The van der Waals surface area contributed by atoms with E-state index in [1.54, 1.807) is 0 Å². The summed E-state index contributed by atoms with van der Waals surface area (Å²) < 4.78 is 0. The Bertz CT molecular complexity index is 372. The first-order chi connectivity index (χ1) is 8.45. The van der Waals surface area contributed by atoms with E-state index in [-0.39, 0.29) is 29.6 Å². The number of fused-ring (bicyclic) bond motifs is 1. The quantitative estimate of drug-likeness (QED) is 0.617. The molecule has 1 heterocycles. The summed E-state index contributed by atoms with van der Waals surface area (Å²) in [6.45, 7) is 4.32.